The molecule has 0 aromatic heterocycles. The van der Waals surface area contributed by atoms with Crippen LogP contribution >= 0.6 is 15.9 Å². The summed E-state index contributed by atoms with van der Waals surface area (Å²) in [6.07, 6.45) is -0.816. The fourth-order valence-electron chi connectivity index (χ4n) is 1.83. The smallest absolute Gasteiger partial charge is 0.245 e. The Hall–Kier alpha value is -1.21. The average molecular weight is 364 g/mol. The van der Waals surface area contributed by atoms with Crippen molar-refractivity contribution in [1.82, 2.24) is 4.31 Å². The van der Waals surface area contributed by atoms with E-state index in [1.54, 1.807) is 0 Å². The van der Waals surface area contributed by atoms with E-state index >= 15 is 0 Å². The third-order valence-electron chi connectivity index (χ3n) is 2.84. The summed E-state index contributed by atoms with van der Waals surface area (Å²) in [4.78, 5) is -0.190. The number of ether oxygens (including phenoxy) is 1. The molecule has 1 aliphatic rings. The number of halogens is 2. The van der Waals surface area contributed by atoms with Gasteiger partial charge in [0.25, 0.3) is 0 Å². The lowest BCUT2D eigenvalue weighted by molar-refractivity contribution is 0.0311. The summed E-state index contributed by atoms with van der Waals surface area (Å²) in [6, 6.07) is 3.93. The lowest BCUT2D eigenvalue weighted by Crippen LogP contribution is -2.45. The first-order valence-corrected chi connectivity index (χ1v) is 7.85. The van der Waals surface area contributed by atoms with Crippen LogP contribution in [0.25, 0.3) is 0 Å². The van der Waals surface area contributed by atoms with Gasteiger partial charge in [0.1, 0.15) is 10.7 Å². The van der Waals surface area contributed by atoms with Gasteiger partial charge in [-0.3, -0.25) is 0 Å². The summed E-state index contributed by atoms with van der Waals surface area (Å²) in [5, 5.41) is 8.80. The van der Waals surface area contributed by atoms with Crippen LogP contribution in [0.5, 0.6) is 0 Å². The van der Waals surface area contributed by atoms with E-state index in [1.165, 1.54) is 0 Å². The van der Waals surface area contributed by atoms with Crippen LogP contribution < -0.4 is 5.73 Å². The van der Waals surface area contributed by atoms with Gasteiger partial charge in [0.05, 0.1) is 29.4 Å². The van der Waals surface area contributed by atoms with Crippen LogP contribution in [0.2, 0.25) is 0 Å². The number of nitrogens with two attached hydrogens (primary N) is 1. The van der Waals surface area contributed by atoms with Gasteiger partial charge in [-0.15, -0.1) is 0 Å². The summed E-state index contributed by atoms with van der Waals surface area (Å²) in [5.41, 5.74) is 5.41. The summed E-state index contributed by atoms with van der Waals surface area (Å²) < 4.78 is 44.5. The van der Waals surface area contributed by atoms with Gasteiger partial charge in [-0.1, -0.05) is 0 Å². The predicted octanol–water partition coefficient (Wildman–Crippen LogP) is 1.08. The zero-order chi connectivity index (χ0) is 14.9. The van der Waals surface area contributed by atoms with Gasteiger partial charge in [-0.05, 0) is 28.1 Å². The highest BCUT2D eigenvalue weighted by atomic mass is 79.9. The van der Waals surface area contributed by atoms with Crippen LogP contribution in [0.1, 0.15) is 0 Å². The van der Waals surface area contributed by atoms with Gasteiger partial charge in [0, 0.05) is 6.54 Å². The monoisotopic (exact) mass is 363 g/mol. The number of nitrogens with zero attached hydrogens (tertiary/aromatic N) is 2. The van der Waals surface area contributed by atoms with E-state index in [4.69, 9.17) is 15.7 Å². The van der Waals surface area contributed by atoms with Crippen molar-refractivity contribution in [3.8, 4) is 6.07 Å². The van der Waals surface area contributed by atoms with E-state index in [1.807, 2.05) is 6.07 Å². The Bertz CT molecular complexity index is 674. The van der Waals surface area contributed by atoms with E-state index in [2.05, 4.69) is 15.9 Å². The molecule has 20 heavy (non-hydrogen) atoms. The molecule has 0 radical (unpaired) electrons. The lowest BCUT2D eigenvalue weighted by atomic mass is 10.3. The van der Waals surface area contributed by atoms with Crippen LogP contribution in [0, 0.1) is 17.1 Å². The minimum absolute atomic E-state index is 0.00960. The molecule has 1 unspecified atom stereocenters. The molecule has 1 fully saturated rings. The largest absolute Gasteiger partial charge is 0.398 e. The number of nitriles is 1. The highest BCUT2D eigenvalue weighted by Crippen LogP contribution is 2.29. The van der Waals surface area contributed by atoms with Gasteiger partial charge in [0.2, 0.25) is 10.0 Å². The van der Waals surface area contributed by atoms with Gasteiger partial charge in [-0.25, -0.2) is 12.8 Å². The van der Waals surface area contributed by atoms with Crippen LogP contribution in [-0.2, 0) is 14.8 Å². The molecule has 1 atom stereocenters. The third-order valence-corrected chi connectivity index (χ3v) is 5.37. The molecule has 1 aliphatic heterocycles. The highest BCUT2D eigenvalue weighted by Gasteiger charge is 2.32. The maximum absolute atomic E-state index is 13.3. The Balaban J connectivity index is 2.40. The minimum Gasteiger partial charge on any atom is -0.398 e. The number of nitrogen functional groups attached to an aromatic ring is 1. The quantitative estimate of drug-likeness (QED) is 0.793. The van der Waals surface area contributed by atoms with Crippen molar-refractivity contribution in [2.45, 2.75) is 11.0 Å². The van der Waals surface area contributed by atoms with E-state index in [0.717, 1.165) is 16.4 Å². The molecule has 1 heterocycles. The number of rotatable bonds is 2. The number of anilines is 1. The van der Waals surface area contributed by atoms with E-state index < -0.39 is 21.9 Å². The van der Waals surface area contributed by atoms with Crippen molar-refractivity contribution in [3.63, 3.8) is 0 Å². The van der Waals surface area contributed by atoms with Crippen molar-refractivity contribution in [1.29, 1.82) is 5.26 Å². The summed E-state index contributed by atoms with van der Waals surface area (Å²) >= 11 is 2.93. The molecule has 1 aromatic rings. The van der Waals surface area contributed by atoms with Crippen LogP contribution in [0.4, 0.5) is 10.1 Å². The molecule has 1 aromatic carbocycles. The molecule has 9 heteroatoms. The van der Waals surface area contributed by atoms with Gasteiger partial charge in [-0.2, -0.15) is 9.57 Å². The maximum atomic E-state index is 13.3. The van der Waals surface area contributed by atoms with Crippen molar-refractivity contribution >= 4 is 31.6 Å². The predicted molar refractivity (Wildman–Crippen MR) is 72.6 cm³/mol. The molecule has 6 nitrogen and oxygen atoms in total. The molecule has 0 spiro atoms. The molecule has 1 saturated heterocycles. The fraction of sp³-hybridized carbons (Fsp3) is 0.364. The van der Waals surface area contributed by atoms with E-state index in [9.17, 15) is 12.8 Å². The van der Waals surface area contributed by atoms with Crippen LogP contribution in [0.3, 0.4) is 0 Å². The summed E-state index contributed by atoms with van der Waals surface area (Å²) in [7, 11) is -3.89. The first-order chi connectivity index (χ1) is 9.36. The van der Waals surface area contributed by atoms with Crippen molar-refractivity contribution in [2.24, 2.45) is 0 Å². The van der Waals surface area contributed by atoms with Gasteiger partial charge in [0.15, 0.2) is 6.10 Å². The number of hydrogen-bond acceptors (Lipinski definition) is 5. The first-order valence-electron chi connectivity index (χ1n) is 5.62. The maximum Gasteiger partial charge on any atom is 0.245 e. The second-order valence-corrected chi connectivity index (χ2v) is 6.92. The summed E-state index contributed by atoms with van der Waals surface area (Å²) in [5.74, 6) is -0.640. The van der Waals surface area contributed by atoms with E-state index in [0.29, 0.717) is 0 Å². The minimum atomic E-state index is -3.89. The fourth-order valence-corrected chi connectivity index (χ4v) is 3.87. The lowest BCUT2D eigenvalue weighted by Gasteiger charge is -2.29. The number of hydrogen-bond donors (Lipinski definition) is 1. The normalized spacial score (nSPS) is 20.6. The second kappa shape index (κ2) is 5.65. The Labute approximate surface area is 124 Å². The van der Waals surface area contributed by atoms with Crippen LogP contribution in [0.15, 0.2) is 21.5 Å². The molecule has 108 valence electrons. The van der Waals surface area contributed by atoms with Gasteiger partial charge >= 0.3 is 0 Å². The number of morpholine rings is 1. The highest BCUT2D eigenvalue weighted by molar-refractivity contribution is 9.10. The zero-order valence-electron chi connectivity index (χ0n) is 10.2. The summed E-state index contributed by atoms with van der Waals surface area (Å²) in [6.45, 7) is 0.169. The number of sulfonamides is 1. The molecule has 0 aliphatic carbocycles. The molecule has 2 N–H and O–H groups in total. The van der Waals surface area contributed by atoms with Crippen molar-refractivity contribution in [3.05, 3.63) is 22.4 Å². The molecule has 0 bridgehead atoms. The SMILES string of the molecule is N#CC1CN(S(=O)(=O)c2cc(Br)c(F)cc2N)CCO1. The average Bonchev–Trinajstić information content (AvgIpc) is 2.42. The first kappa shape index (κ1) is 15.2. The molecule has 0 amide bonds. The Morgan fingerprint density at radius 1 is 1.55 bits per heavy atom. The standard InChI is InChI=1S/C11H11BrFN3O3S/c12-8-3-11(10(15)4-9(8)13)20(17,18)16-1-2-19-7(5-14)6-16/h3-4,7H,1-2,6,15H2. The van der Waals surface area contributed by atoms with Crippen molar-refractivity contribution in [2.75, 3.05) is 25.4 Å². The zero-order valence-corrected chi connectivity index (χ0v) is 12.6. The Morgan fingerprint density at radius 2 is 2.25 bits per heavy atom. The molecule has 2 rings (SSSR count). The Morgan fingerprint density at radius 3 is 2.90 bits per heavy atom. The van der Waals surface area contributed by atoms with Crippen molar-refractivity contribution < 1.29 is 17.5 Å². The molecular formula is C11H11BrFN3O3S. The number of benzene rings is 1. The third kappa shape index (κ3) is 2.78. The molecule has 0 saturated carbocycles. The van der Waals surface area contributed by atoms with Gasteiger partial charge < -0.3 is 10.5 Å². The topological polar surface area (TPSA) is 96.4 Å². The van der Waals surface area contributed by atoms with E-state index in [-0.39, 0.29) is 34.8 Å². The second-order valence-electron chi connectivity index (χ2n) is 4.16. The molecular weight excluding hydrogens is 353 g/mol. The van der Waals surface area contributed by atoms with Crippen LogP contribution in [-0.4, -0.2) is 38.5 Å². The Kier molecular flexibility index (Phi) is 4.29.